The molecule has 9 heteroatoms. The Kier molecular flexibility index (Phi) is 8.15. The molecule has 8 nitrogen and oxygen atoms in total. The average Bonchev–Trinajstić information content (AvgIpc) is 3.31. The van der Waals surface area contributed by atoms with Gasteiger partial charge in [-0.25, -0.2) is 0 Å². The molecule has 0 saturated carbocycles. The van der Waals surface area contributed by atoms with E-state index in [0.29, 0.717) is 53.5 Å². The molecule has 184 valence electrons. The summed E-state index contributed by atoms with van der Waals surface area (Å²) in [7, 11) is 0. The third-order valence-corrected chi connectivity index (χ3v) is 6.25. The molecule has 0 spiro atoms. The van der Waals surface area contributed by atoms with Crippen LogP contribution in [0.1, 0.15) is 42.9 Å². The van der Waals surface area contributed by atoms with Crippen LogP contribution in [0.15, 0.2) is 53.1 Å². The molecule has 1 aliphatic rings. The van der Waals surface area contributed by atoms with Gasteiger partial charge in [0.2, 0.25) is 17.6 Å². The van der Waals surface area contributed by atoms with Gasteiger partial charge < -0.3 is 15.2 Å². The van der Waals surface area contributed by atoms with E-state index in [-0.39, 0.29) is 17.7 Å². The van der Waals surface area contributed by atoms with Gasteiger partial charge >= 0.3 is 0 Å². The van der Waals surface area contributed by atoms with Gasteiger partial charge in [0, 0.05) is 18.7 Å². The predicted octanol–water partition coefficient (Wildman–Crippen LogP) is 4.63. The van der Waals surface area contributed by atoms with E-state index < -0.39 is 0 Å². The van der Waals surface area contributed by atoms with E-state index in [9.17, 15) is 9.59 Å². The van der Waals surface area contributed by atoms with Crippen molar-refractivity contribution in [3.8, 4) is 11.4 Å². The van der Waals surface area contributed by atoms with Crippen LogP contribution in [0.4, 0.5) is 5.69 Å². The molecule has 1 aliphatic heterocycles. The number of halogens is 1. The smallest absolute Gasteiger partial charge is 0.253 e. The van der Waals surface area contributed by atoms with Crippen LogP contribution in [0.3, 0.4) is 0 Å². The van der Waals surface area contributed by atoms with Crippen molar-refractivity contribution in [2.75, 3.05) is 25.0 Å². The highest BCUT2D eigenvalue weighted by Crippen LogP contribution is 2.26. The number of hydrogen-bond donors (Lipinski definition) is 2. The Bertz CT molecular complexity index is 1180. The van der Waals surface area contributed by atoms with Crippen LogP contribution in [0, 0.1) is 11.8 Å². The summed E-state index contributed by atoms with van der Waals surface area (Å²) in [6, 6.07) is 14.4. The highest BCUT2D eigenvalue weighted by atomic mass is 35.5. The second-order valence-corrected chi connectivity index (χ2v) is 9.61. The highest BCUT2D eigenvalue weighted by Gasteiger charge is 2.28. The summed E-state index contributed by atoms with van der Waals surface area (Å²) in [5.41, 5.74) is 1.71. The Morgan fingerprint density at radius 3 is 2.74 bits per heavy atom. The molecule has 1 saturated heterocycles. The average molecular weight is 496 g/mol. The van der Waals surface area contributed by atoms with Crippen molar-refractivity contribution < 1.29 is 14.1 Å². The number of anilines is 1. The lowest BCUT2D eigenvalue weighted by Gasteiger charge is -2.31. The van der Waals surface area contributed by atoms with E-state index in [1.165, 1.54) is 0 Å². The normalized spacial score (nSPS) is 16.3. The molecule has 1 atom stereocenters. The van der Waals surface area contributed by atoms with Gasteiger partial charge in [0.15, 0.2) is 0 Å². The molecule has 2 amide bonds. The van der Waals surface area contributed by atoms with Gasteiger partial charge in [0.25, 0.3) is 5.91 Å². The van der Waals surface area contributed by atoms with E-state index >= 15 is 0 Å². The first-order valence-corrected chi connectivity index (χ1v) is 12.3. The molecule has 2 aromatic carbocycles. The van der Waals surface area contributed by atoms with Crippen molar-refractivity contribution >= 4 is 29.1 Å². The Morgan fingerprint density at radius 2 is 1.94 bits per heavy atom. The number of benzene rings is 2. The molecule has 3 aromatic rings. The number of nitrogens with zero attached hydrogens (tertiary/aromatic N) is 3. The van der Waals surface area contributed by atoms with Crippen molar-refractivity contribution in [2.24, 2.45) is 11.8 Å². The number of carbonyl (C=O) groups excluding carboxylic acids is 2. The SMILES string of the molecule is CC(C)CNC(=O)c1ccccc1NC(=O)C1CCCN(Cc2nc(-c3ccccc3Cl)no2)C1. The highest BCUT2D eigenvalue weighted by molar-refractivity contribution is 6.33. The van der Waals surface area contributed by atoms with Crippen molar-refractivity contribution in [3.05, 3.63) is 65.0 Å². The fourth-order valence-electron chi connectivity index (χ4n) is 4.09. The lowest BCUT2D eigenvalue weighted by atomic mass is 9.96. The minimum Gasteiger partial charge on any atom is -0.352 e. The molecular formula is C26H30ClN5O3. The number of aromatic nitrogens is 2. The Balaban J connectivity index is 1.37. The molecule has 0 radical (unpaired) electrons. The molecule has 0 aliphatic carbocycles. The first-order chi connectivity index (χ1) is 16.9. The molecule has 2 N–H and O–H groups in total. The number of carbonyl (C=O) groups is 2. The molecule has 1 unspecified atom stereocenters. The van der Waals surface area contributed by atoms with Crippen molar-refractivity contribution in [2.45, 2.75) is 33.2 Å². The van der Waals surface area contributed by atoms with Gasteiger partial charge in [0.05, 0.1) is 28.7 Å². The summed E-state index contributed by atoms with van der Waals surface area (Å²) in [6.07, 6.45) is 1.65. The minimum atomic E-state index is -0.207. The van der Waals surface area contributed by atoms with Gasteiger partial charge in [-0.05, 0) is 49.6 Å². The third-order valence-electron chi connectivity index (χ3n) is 5.92. The summed E-state index contributed by atoms with van der Waals surface area (Å²) >= 11 is 6.24. The monoisotopic (exact) mass is 495 g/mol. The van der Waals surface area contributed by atoms with Gasteiger partial charge in [-0.3, -0.25) is 14.5 Å². The maximum absolute atomic E-state index is 13.1. The summed E-state index contributed by atoms with van der Waals surface area (Å²) in [4.78, 5) is 32.3. The number of nitrogens with one attached hydrogen (secondary N) is 2. The fourth-order valence-corrected chi connectivity index (χ4v) is 4.31. The maximum Gasteiger partial charge on any atom is 0.253 e. The zero-order chi connectivity index (χ0) is 24.8. The Morgan fingerprint density at radius 1 is 1.17 bits per heavy atom. The second kappa shape index (κ2) is 11.5. The molecule has 1 aromatic heterocycles. The van der Waals surface area contributed by atoms with E-state index in [2.05, 4.69) is 25.7 Å². The fraction of sp³-hybridized carbons (Fsp3) is 0.385. The van der Waals surface area contributed by atoms with Crippen molar-refractivity contribution in [3.63, 3.8) is 0 Å². The first kappa shape index (κ1) is 24.9. The van der Waals surface area contributed by atoms with Gasteiger partial charge in [-0.15, -0.1) is 0 Å². The molecule has 2 heterocycles. The van der Waals surface area contributed by atoms with Crippen LogP contribution in [-0.2, 0) is 11.3 Å². The molecular weight excluding hydrogens is 466 g/mol. The number of piperidine rings is 1. The zero-order valence-corrected chi connectivity index (χ0v) is 20.7. The predicted molar refractivity (Wildman–Crippen MR) is 135 cm³/mol. The summed E-state index contributed by atoms with van der Waals surface area (Å²) in [5, 5.41) is 10.5. The largest absolute Gasteiger partial charge is 0.352 e. The lowest BCUT2D eigenvalue weighted by Crippen LogP contribution is -2.40. The van der Waals surface area contributed by atoms with Crippen LogP contribution in [0.2, 0.25) is 5.02 Å². The van der Waals surface area contributed by atoms with Crippen LogP contribution < -0.4 is 10.6 Å². The van der Waals surface area contributed by atoms with Crippen LogP contribution in [0.5, 0.6) is 0 Å². The third kappa shape index (κ3) is 6.46. The molecule has 35 heavy (non-hydrogen) atoms. The standard InChI is InChI=1S/C26H30ClN5O3/c1-17(2)14-28-26(34)20-10-4-6-12-22(20)29-25(33)18-8-7-13-32(15-18)16-23-30-24(31-35-23)19-9-3-5-11-21(19)27/h3-6,9-12,17-18H,7-8,13-16H2,1-2H3,(H,28,34)(H,29,33). The molecule has 0 bridgehead atoms. The molecule has 1 fully saturated rings. The quantitative estimate of drug-likeness (QED) is 0.472. The topological polar surface area (TPSA) is 100 Å². The van der Waals surface area contributed by atoms with Crippen LogP contribution in [-0.4, -0.2) is 46.5 Å². The summed E-state index contributed by atoms with van der Waals surface area (Å²) in [6.45, 7) is 6.50. The molecule has 4 rings (SSSR count). The number of amides is 2. The second-order valence-electron chi connectivity index (χ2n) is 9.20. The van der Waals surface area contributed by atoms with Crippen molar-refractivity contribution in [1.29, 1.82) is 0 Å². The zero-order valence-electron chi connectivity index (χ0n) is 20.0. The van der Waals surface area contributed by atoms with Crippen LogP contribution in [0.25, 0.3) is 11.4 Å². The van der Waals surface area contributed by atoms with E-state index in [4.69, 9.17) is 16.1 Å². The Hall–Kier alpha value is -3.23. The van der Waals surface area contributed by atoms with E-state index in [0.717, 1.165) is 24.9 Å². The van der Waals surface area contributed by atoms with Crippen LogP contribution >= 0.6 is 11.6 Å². The van der Waals surface area contributed by atoms with Gasteiger partial charge in [0.1, 0.15) is 0 Å². The number of para-hydroxylation sites is 1. The summed E-state index contributed by atoms with van der Waals surface area (Å²) < 4.78 is 5.44. The summed E-state index contributed by atoms with van der Waals surface area (Å²) in [5.74, 6) is 0.777. The number of likely N-dealkylation sites (tertiary alicyclic amines) is 1. The van der Waals surface area contributed by atoms with E-state index in [1.807, 2.05) is 38.1 Å². The first-order valence-electron chi connectivity index (χ1n) is 11.9. The van der Waals surface area contributed by atoms with Crippen molar-refractivity contribution in [1.82, 2.24) is 20.4 Å². The Labute approximate surface area is 210 Å². The van der Waals surface area contributed by atoms with Gasteiger partial charge in [-0.1, -0.05) is 54.9 Å². The minimum absolute atomic E-state index is 0.0962. The number of rotatable bonds is 8. The van der Waals surface area contributed by atoms with E-state index in [1.54, 1.807) is 24.3 Å². The van der Waals surface area contributed by atoms with Gasteiger partial charge in [-0.2, -0.15) is 4.98 Å². The number of hydrogen-bond acceptors (Lipinski definition) is 6. The maximum atomic E-state index is 13.1. The lowest BCUT2D eigenvalue weighted by molar-refractivity contribution is -0.121.